The molecule has 1 unspecified atom stereocenters. The molecule has 1 saturated heterocycles. The van der Waals surface area contributed by atoms with Crippen molar-refractivity contribution in [2.75, 3.05) is 6.54 Å². The second kappa shape index (κ2) is 7.78. The first-order chi connectivity index (χ1) is 12.4. The van der Waals surface area contributed by atoms with Crippen LogP contribution in [0.15, 0.2) is 18.3 Å². The van der Waals surface area contributed by atoms with Crippen molar-refractivity contribution < 1.29 is 4.79 Å². The van der Waals surface area contributed by atoms with Crippen LogP contribution < -0.4 is 0 Å². The quantitative estimate of drug-likeness (QED) is 0.777. The predicted molar refractivity (Wildman–Crippen MR) is 103 cm³/mol. The average molecular weight is 375 g/mol. The van der Waals surface area contributed by atoms with Crippen molar-refractivity contribution in [3.8, 4) is 0 Å². The van der Waals surface area contributed by atoms with Gasteiger partial charge >= 0.3 is 0 Å². The molecule has 1 atom stereocenters. The molecule has 0 saturated carbocycles. The summed E-state index contributed by atoms with van der Waals surface area (Å²) in [7, 11) is 0. The summed E-state index contributed by atoms with van der Waals surface area (Å²) >= 11 is 6.66. The standard InChI is InChI=1S/C20H27ClN4O/c1-5-15-8-9-22-16(11-15)20(26)24-10-6-7-17(24)18-14(4)23-25(19(18)21)12-13(2)3/h8-9,11,13,17H,5-7,10,12H2,1-4H3. The summed E-state index contributed by atoms with van der Waals surface area (Å²) < 4.78 is 1.87. The van der Waals surface area contributed by atoms with E-state index < -0.39 is 0 Å². The highest BCUT2D eigenvalue weighted by Crippen LogP contribution is 2.38. The van der Waals surface area contributed by atoms with E-state index in [-0.39, 0.29) is 11.9 Å². The zero-order valence-electron chi connectivity index (χ0n) is 16.0. The van der Waals surface area contributed by atoms with Crippen LogP contribution in [0.1, 0.15) is 67.0 Å². The summed E-state index contributed by atoms with van der Waals surface area (Å²) in [6.07, 6.45) is 4.48. The van der Waals surface area contributed by atoms with Crippen LogP contribution in [0, 0.1) is 12.8 Å². The normalized spacial score (nSPS) is 17.3. The molecule has 0 aromatic carbocycles. The monoisotopic (exact) mass is 374 g/mol. The fourth-order valence-corrected chi connectivity index (χ4v) is 4.05. The Morgan fingerprint density at radius 1 is 1.42 bits per heavy atom. The highest BCUT2D eigenvalue weighted by atomic mass is 35.5. The molecule has 3 rings (SSSR count). The van der Waals surface area contributed by atoms with Crippen molar-refractivity contribution in [3.05, 3.63) is 46.0 Å². The van der Waals surface area contributed by atoms with Gasteiger partial charge in [0.15, 0.2) is 0 Å². The zero-order chi connectivity index (χ0) is 18.8. The van der Waals surface area contributed by atoms with Gasteiger partial charge in [0.05, 0.1) is 11.7 Å². The molecule has 2 aromatic rings. The minimum Gasteiger partial charge on any atom is -0.330 e. The fourth-order valence-electron chi connectivity index (χ4n) is 3.68. The Bertz CT molecular complexity index is 799. The maximum absolute atomic E-state index is 13.1. The lowest BCUT2D eigenvalue weighted by Gasteiger charge is -2.25. The molecule has 0 bridgehead atoms. The number of aromatic nitrogens is 3. The number of rotatable bonds is 5. The maximum atomic E-state index is 13.1. The van der Waals surface area contributed by atoms with Crippen molar-refractivity contribution in [2.24, 2.45) is 5.92 Å². The van der Waals surface area contributed by atoms with Crippen LogP contribution in [0.3, 0.4) is 0 Å². The average Bonchev–Trinajstić information content (AvgIpc) is 3.18. The van der Waals surface area contributed by atoms with Gasteiger partial charge in [0.25, 0.3) is 5.91 Å². The van der Waals surface area contributed by atoms with E-state index in [9.17, 15) is 4.79 Å². The number of aryl methyl sites for hydroxylation is 2. The number of halogens is 1. The van der Waals surface area contributed by atoms with Gasteiger partial charge in [-0.1, -0.05) is 32.4 Å². The van der Waals surface area contributed by atoms with Gasteiger partial charge in [-0.25, -0.2) is 0 Å². The number of likely N-dealkylation sites (tertiary alicyclic amines) is 1. The maximum Gasteiger partial charge on any atom is 0.272 e. The van der Waals surface area contributed by atoms with Gasteiger partial charge in [0.1, 0.15) is 10.8 Å². The molecule has 0 spiro atoms. The second-order valence-corrected chi connectivity index (χ2v) is 7.78. The van der Waals surface area contributed by atoms with E-state index in [0.29, 0.717) is 16.8 Å². The smallest absolute Gasteiger partial charge is 0.272 e. The van der Waals surface area contributed by atoms with Gasteiger partial charge in [-0.15, -0.1) is 0 Å². The summed E-state index contributed by atoms with van der Waals surface area (Å²) in [4.78, 5) is 19.3. The molecule has 1 aliphatic rings. The highest BCUT2D eigenvalue weighted by Gasteiger charge is 2.35. The van der Waals surface area contributed by atoms with Crippen molar-refractivity contribution in [3.63, 3.8) is 0 Å². The molecule has 140 valence electrons. The number of carbonyl (C=O) groups excluding carboxylic acids is 1. The lowest BCUT2D eigenvalue weighted by atomic mass is 10.1. The zero-order valence-corrected chi connectivity index (χ0v) is 16.8. The Balaban J connectivity index is 1.91. The Labute approximate surface area is 160 Å². The first kappa shape index (κ1) is 18.9. The third-order valence-electron chi connectivity index (χ3n) is 4.95. The fraction of sp³-hybridized carbons (Fsp3) is 0.550. The van der Waals surface area contributed by atoms with E-state index in [1.807, 2.05) is 28.6 Å². The molecule has 26 heavy (non-hydrogen) atoms. The van der Waals surface area contributed by atoms with Crippen molar-refractivity contribution in [1.82, 2.24) is 19.7 Å². The molecule has 0 aliphatic carbocycles. The Morgan fingerprint density at radius 2 is 2.19 bits per heavy atom. The molecule has 3 heterocycles. The Morgan fingerprint density at radius 3 is 2.88 bits per heavy atom. The van der Waals surface area contributed by atoms with Crippen molar-refractivity contribution in [1.29, 1.82) is 0 Å². The largest absolute Gasteiger partial charge is 0.330 e. The molecular weight excluding hydrogens is 348 g/mol. The molecule has 0 N–H and O–H groups in total. The number of pyridine rings is 1. The van der Waals surface area contributed by atoms with Crippen LogP contribution in [-0.4, -0.2) is 32.1 Å². The Hall–Kier alpha value is -1.88. The molecule has 0 radical (unpaired) electrons. The van der Waals surface area contributed by atoms with Crippen LogP contribution in [0.2, 0.25) is 5.15 Å². The second-order valence-electron chi connectivity index (χ2n) is 7.43. The van der Waals surface area contributed by atoms with Crippen LogP contribution in [0.4, 0.5) is 0 Å². The molecule has 6 heteroatoms. The summed E-state index contributed by atoms with van der Waals surface area (Å²) in [5, 5.41) is 5.28. The van der Waals surface area contributed by atoms with E-state index in [4.69, 9.17) is 11.6 Å². The van der Waals surface area contributed by atoms with E-state index >= 15 is 0 Å². The van der Waals surface area contributed by atoms with Gasteiger partial charge in [-0.2, -0.15) is 5.10 Å². The van der Waals surface area contributed by atoms with Gasteiger partial charge < -0.3 is 4.90 Å². The molecular formula is C20H27ClN4O. The summed E-state index contributed by atoms with van der Waals surface area (Å²) in [6, 6.07) is 3.83. The predicted octanol–water partition coefficient (Wildman–Crippen LogP) is 4.44. The summed E-state index contributed by atoms with van der Waals surface area (Å²) in [5.74, 6) is 0.442. The van der Waals surface area contributed by atoms with Crippen LogP contribution >= 0.6 is 11.6 Å². The minimum absolute atomic E-state index is 0.0186. The van der Waals surface area contributed by atoms with E-state index in [1.54, 1.807) is 6.20 Å². The SMILES string of the molecule is CCc1ccnc(C(=O)N2CCCC2c2c(C)nn(CC(C)C)c2Cl)c1. The summed E-state index contributed by atoms with van der Waals surface area (Å²) in [6.45, 7) is 9.85. The first-order valence-corrected chi connectivity index (χ1v) is 9.78. The molecule has 1 amide bonds. The number of nitrogens with zero attached hydrogens (tertiary/aromatic N) is 4. The third kappa shape index (κ3) is 3.63. The first-order valence-electron chi connectivity index (χ1n) is 9.41. The topological polar surface area (TPSA) is 51.0 Å². The van der Waals surface area contributed by atoms with Gasteiger partial charge in [-0.3, -0.25) is 14.5 Å². The van der Waals surface area contributed by atoms with Gasteiger partial charge in [0.2, 0.25) is 0 Å². The van der Waals surface area contributed by atoms with E-state index in [2.05, 4.69) is 30.9 Å². The molecule has 5 nitrogen and oxygen atoms in total. The summed E-state index contributed by atoms with van der Waals surface area (Å²) in [5.41, 5.74) is 3.54. The highest BCUT2D eigenvalue weighted by molar-refractivity contribution is 6.30. The lowest BCUT2D eigenvalue weighted by Crippen LogP contribution is -2.31. The van der Waals surface area contributed by atoms with Gasteiger partial charge in [0, 0.05) is 24.8 Å². The van der Waals surface area contributed by atoms with E-state index in [1.165, 1.54) is 0 Å². The van der Waals surface area contributed by atoms with Crippen molar-refractivity contribution in [2.45, 2.75) is 59.5 Å². The molecule has 1 fully saturated rings. The number of hydrogen-bond donors (Lipinski definition) is 0. The van der Waals surface area contributed by atoms with Crippen molar-refractivity contribution >= 4 is 17.5 Å². The van der Waals surface area contributed by atoms with Crippen LogP contribution in [-0.2, 0) is 13.0 Å². The third-order valence-corrected chi connectivity index (χ3v) is 5.34. The Kier molecular flexibility index (Phi) is 5.66. The van der Waals surface area contributed by atoms with E-state index in [0.717, 1.165) is 49.2 Å². The lowest BCUT2D eigenvalue weighted by molar-refractivity contribution is 0.0729. The van der Waals surface area contributed by atoms with Crippen LogP contribution in [0.25, 0.3) is 0 Å². The minimum atomic E-state index is -0.0250. The number of hydrogen-bond acceptors (Lipinski definition) is 3. The van der Waals surface area contributed by atoms with Crippen LogP contribution in [0.5, 0.6) is 0 Å². The molecule has 2 aromatic heterocycles. The molecule has 1 aliphatic heterocycles. The number of amides is 1. The van der Waals surface area contributed by atoms with Gasteiger partial charge in [-0.05, 0) is 49.8 Å². The number of carbonyl (C=O) groups is 1.